The molecule has 2 rings (SSSR count). The molecule has 5 heteroatoms. The molecule has 0 radical (unpaired) electrons. The molecule has 0 aliphatic rings. The van der Waals surface area contributed by atoms with Crippen LogP contribution in [-0.2, 0) is 0 Å². The summed E-state index contributed by atoms with van der Waals surface area (Å²) in [6.07, 6.45) is 0. The Hall–Kier alpha value is -1.39. The Balaban J connectivity index is 2.48. The third-order valence-electron chi connectivity index (χ3n) is 3.17. The van der Waals surface area contributed by atoms with Crippen molar-refractivity contribution < 1.29 is 14.2 Å². The first-order valence-electron chi connectivity index (χ1n) is 6.30. The van der Waals surface area contributed by atoms with Gasteiger partial charge in [0.2, 0.25) is 0 Å². The van der Waals surface area contributed by atoms with E-state index in [0.29, 0.717) is 17.2 Å². The van der Waals surface area contributed by atoms with E-state index in [-0.39, 0.29) is 5.38 Å². The molecule has 0 spiro atoms. The number of rotatable bonds is 5. The second-order valence-electron chi connectivity index (χ2n) is 4.36. The standard InChI is InChI=1S/C16H16BrClO3/c1-19-13-9-15(21-3)14(20-2)8-12(13)16(18)10-4-6-11(17)7-5-10/h4-9,16H,1-3H3. The van der Waals surface area contributed by atoms with Gasteiger partial charge in [-0.15, -0.1) is 11.6 Å². The zero-order valence-electron chi connectivity index (χ0n) is 12.0. The van der Waals surface area contributed by atoms with Crippen LogP contribution >= 0.6 is 27.5 Å². The van der Waals surface area contributed by atoms with Gasteiger partial charge in [-0.1, -0.05) is 28.1 Å². The van der Waals surface area contributed by atoms with E-state index in [0.717, 1.165) is 15.6 Å². The minimum Gasteiger partial charge on any atom is -0.496 e. The first kappa shape index (κ1) is 16.0. The Morgan fingerprint density at radius 1 is 0.857 bits per heavy atom. The number of hydrogen-bond donors (Lipinski definition) is 0. The number of benzene rings is 2. The Kier molecular flexibility index (Phi) is 5.37. The van der Waals surface area contributed by atoms with Gasteiger partial charge >= 0.3 is 0 Å². The highest BCUT2D eigenvalue weighted by Crippen LogP contribution is 2.42. The summed E-state index contributed by atoms with van der Waals surface area (Å²) in [5, 5.41) is -0.340. The van der Waals surface area contributed by atoms with Crippen LogP contribution < -0.4 is 14.2 Å². The normalized spacial score (nSPS) is 11.9. The third kappa shape index (κ3) is 3.44. The van der Waals surface area contributed by atoms with Crippen LogP contribution in [-0.4, -0.2) is 21.3 Å². The summed E-state index contributed by atoms with van der Waals surface area (Å²) in [6, 6.07) is 11.5. The van der Waals surface area contributed by atoms with Crippen molar-refractivity contribution in [3.8, 4) is 17.2 Å². The summed E-state index contributed by atoms with van der Waals surface area (Å²) in [7, 11) is 4.79. The van der Waals surface area contributed by atoms with E-state index >= 15 is 0 Å². The van der Waals surface area contributed by atoms with Crippen molar-refractivity contribution in [2.75, 3.05) is 21.3 Å². The summed E-state index contributed by atoms with van der Waals surface area (Å²) < 4.78 is 17.0. The Labute approximate surface area is 137 Å². The van der Waals surface area contributed by atoms with Crippen LogP contribution in [0.3, 0.4) is 0 Å². The first-order valence-corrected chi connectivity index (χ1v) is 7.53. The van der Waals surface area contributed by atoms with Gasteiger partial charge in [-0.25, -0.2) is 0 Å². The monoisotopic (exact) mass is 370 g/mol. The van der Waals surface area contributed by atoms with Gasteiger partial charge in [0.05, 0.1) is 26.7 Å². The molecule has 0 N–H and O–H groups in total. The molecular weight excluding hydrogens is 356 g/mol. The molecule has 0 aliphatic carbocycles. The SMILES string of the molecule is COc1cc(OC)c(C(Cl)c2ccc(Br)cc2)cc1OC. The Bertz CT molecular complexity index is 614. The largest absolute Gasteiger partial charge is 0.496 e. The number of ether oxygens (including phenoxy) is 3. The number of methoxy groups -OCH3 is 3. The van der Waals surface area contributed by atoms with E-state index < -0.39 is 0 Å². The van der Waals surface area contributed by atoms with Gasteiger partial charge in [-0.05, 0) is 23.8 Å². The number of alkyl halides is 1. The maximum atomic E-state index is 6.60. The van der Waals surface area contributed by atoms with Gasteiger partial charge in [-0.3, -0.25) is 0 Å². The molecule has 3 nitrogen and oxygen atoms in total. The lowest BCUT2D eigenvalue weighted by molar-refractivity contribution is 0.347. The highest BCUT2D eigenvalue weighted by molar-refractivity contribution is 9.10. The summed E-state index contributed by atoms with van der Waals surface area (Å²) >= 11 is 10.0. The molecule has 1 unspecified atom stereocenters. The van der Waals surface area contributed by atoms with Crippen molar-refractivity contribution >= 4 is 27.5 Å². The van der Waals surface area contributed by atoms with E-state index in [1.54, 1.807) is 27.4 Å². The minimum atomic E-state index is -0.340. The minimum absolute atomic E-state index is 0.340. The molecule has 21 heavy (non-hydrogen) atoms. The van der Waals surface area contributed by atoms with Crippen molar-refractivity contribution in [1.29, 1.82) is 0 Å². The van der Waals surface area contributed by atoms with Gasteiger partial charge in [0, 0.05) is 16.1 Å². The molecule has 0 fully saturated rings. The third-order valence-corrected chi connectivity index (χ3v) is 4.19. The molecule has 0 saturated carbocycles. The van der Waals surface area contributed by atoms with E-state index in [4.69, 9.17) is 25.8 Å². The molecule has 0 aromatic heterocycles. The maximum Gasteiger partial charge on any atom is 0.164 e. The molecule has 0 bridgehead atoms. The van der Waals surface area contributed by atoms with Crippen LogP contribution in [0.25, 0.3) is 0 Å². The topological polar surface area (TPSA) is 27.7 Å². The lowest BCUT2D eigenvalue weighted by Crippen LogP contribution is -2.00. The quantitative estimate of drug-likeness (QED) is 0.706. The highest BCUT2D eigenvalue weighted by atomic mass is 79.9. The predicted octanol–water partition coefficient (Wildman–Crippen LogP) is 4.80. The van der Waals surface area contributed by atoms with E-state index in [9.17, 15) is 0 Å². The Morgan fingerprint density at radius 2 is 1.38 bits per heavy atom. The zero-order valence-corrected chi connectivity index (χ0v) is 14.4. The summed E-state index contributed by atoms with van der Waals surface area (Å²) in [5.41, 5.74) is 1.81. The van der Waals surface area contributed by atoms with Gasteiger partial charge in [0.1, 0.15) is 5.75 Å². The molecule has 0 saturated heterocycles. The van der Waals surface area contributed by atoms with Crippen LogP contribution in [0.15, 0.2) is 40.9 Å². The lowest BCUT2D eigenvalue weighted by Gasteiger charge is -2.17. The molecule has 112 valence electrons. The Morgan fingerprint density at radius 3 is 1.90 bits per heavy atom. The number of hydrogen-bond acceptors (Lipinski definition) is 3. The zero-order chi connectivity index (χ0) is 15.4. The second-order valence-corrected chi connectivity index (χ2v) is 5.72. The van der Waals surface area contributed by atoms with Crippen LogP contribution in [0, 0.1) is 0 Å². The first-order chi connectivity index (χ1) is 10.1. The summed E-state index contributed by atoms with van der Waals surface area (Å²) in [6.45, 7) is 0. The molecule has 0 heterocycles. The van der Waals surface area contributed by atoms with E-state index in [2.05, 4.69) is 15.9 Å². The van der Waals surface area contributed by atoms with Crippen molar-refractivity contribution in [2.45, 2.75) is 5.38 Å². The summed E-state index contributed by atoms with van der Waals surface area (Å²) in [5.74, 6) is 1.89. The average molecular weight is 372 g/mol. The second kappa shape index (κ2) is 7.05. The van der Waals surface area contributed by atoms with Crippen molar-refractivity contribution in [3.63, 3.8) is 0 Å². The van der Waals surface area contributed by atoms with Gasteiger partial charge in [-0.2, -0.15) is 0 Å². The lowest BCUT2D eigenvalue weighted by atomic mass is 10.0. The van der Waals surface area contributed by atoms with Crippen LogP contribution in [0.5, 0.6) is 17.2 Å². The van der Waals surface area contributed by atoms with Gasteiger partial charge < -0.3 is 14.2 Å². The van der Waals surface area contributed by atoms with Crippen molar-refractivity contribution in [1.82, 2.24) is 0 Å². The van der Waals surface area contributed by atoms with Gasteiger partial charge in [0.15, 0.2) is 11.5 Å². The molecule has 0 aliphatic heterocycles. The maximum absolute atomic E-state index is 6.60. The van der Waals surface area contributed by atoms with E-state index in [1.807, 2.05) is 30.3 Å². The molecule has 2 aromatic rings. The summed E-state index contributed by atoms with van der Waals surface area (Å²) in [4.78, 5) is 0. The fourth-order valence-corrected chi connectivity index (χ4v) is 2.64. The van der Waals surface area contributed by atoms with E-state index in [1.165, 1.54) is 0 Å². The fourth-order valence-electron chi connectivity index (χ4n) is 2.06. The molecule has 0 amide bonds. The molecule has 1 atom stereocenters. The highest BCUT2D eigenvalue weighted by Gasteiger charge is 2.19. The van der Waals surface area contributed by atoms with Crippen molar-refractivity contribution in [3.05, 3.63) is 52.0 Å². The average Bonchev–Trinajstić information content (AvgIpc) is 2.53. The smallest absolute Gasteiger partial charge is 0.164 e. The van der Waals surface area contributed by atoms with Crippen LogP contribution in [0.2, 0.25) is 0 Å². The molecule has 2 aromatic carbocycles. The van der Waals surface area contributed by atoms with Gasteiger partial charge in [0.25, 0.3) is 0 Å². The molecular formula is C16H16BrClO3. The van der Waals surface area contributed by atoms with Crippen LogP contribution in [0.4, 0.5) is 0 Å². The fraction of sp³-hybridized carbons (Fsp3) is 0.250. The van der Waals surface area contributed by atoms with Crippen molar-refractivity contribution in [2.24, 2.45) is 0 Å². The predicted molar refractivity (Wildman–Crippen MR) is 87.9 cm³/mol. The number of halogens is 2. The van der Waals surface area contributed by atoms with Crippen LogP contribution in [0.1, 0.15) is 16.5 Å².